The van der Waals surface area contributed by atoms with Crippen LogP contribution in [0.2, 0.25) is 0 Å². The van der Waals surface area contributed by atoms with E-state index in [0.29, 0.717) is 0 Å². The van der Waals surface area contributed by atoms with Crippen molar-refractivity contribution in [2.45, 2.75) is 19.1 Å². The van der Waals surface area contributed by atoms with Gasteiger partial charge in [0.2, 0.25) is 0 Å². The Morgan fingerprint density at radius 3 is 1.62 bits per heavy atom. The first-order valence-electron chi connectivity index (χ1n) is 3.90. The molecule has 0 saturated carbocycles. The van der Waals surface area contributed by atoms with Crippen molar-refractivity contribution in [2.75, 3.05) is 18.3 Å². The van der Waals surface area contributed by atoms with Crippen LogP contribution in [0.25, 0.3) is 0 Å². The van der Waals surface area contributed by atoms with E-state index in [-0.39, 0.29) is 11.7 Å². The zero-order chi connectivity index (χ0) is 10.9. The third-order valence-corrected chi connectivity index (χ3v) is 4.99. The molecule has 0 rings (SSSR count). The fourth-order valence-electron chi connectivity index (χ4n) is 1.04. The van der Waals surface area contributed by atoms with E-state index >= 15 is 0 Å². The zero-order valence-electron chi connectivity index (χ0n) is 8.31. The molecule has 6 heteroatoms. The Morgan fingerprint density at radius 1 is 1.00 bits per heavy atom. The molecular formula is C7H16O4S2. The van der Waals surface area contributed by atoms with Crippen molar-refractivity contribution < 1.29 is 16.8 Å². The standard InChI is InChI=1S/C7H16O4S2/c1-6(5-12(3,8)9)7(2)13(4,10)11/h6-7H,5H2,1-4H3. The summed E-state index contributed by atoms with van der Waals surface area (Å²) in [5, 5.41) is -0.609. The van der Waals surface area contributed by atoms with Crippen LogP contribution in [0, 0.1) is 5.92 Å². The van der Waals surface area contributed by atoms with Gasteiger partial charge in [0.05, 0.1) is 11.0 Å². The largest absolute Gasteiger partial charge is 0.229 e. The molecule has 2 atom stereocenters. The number of hydrogen-bond acceptors (Lipinski definition) is 4. The highest BCUT2D eigenvalue weighted by Crippen LogP contribution is 2.12. The van der Waals surface area contributed by atoms with Gasteiger partial charge < -0.3 is 0 Å². The van der Waals surface area contributed by atoms with Gasteiger partial charge in [0, 0.05) is 12.5 Å². The molecule has 0 aliphatic heterocycles. The summed E-state index contributed by atoms with van der Waals surface area (Å²) in [6, 6.07) is 0. The van der Waals surface area contributed by atoms with Gasteiger partial charge in [-0.15, -0.1) is 0 Å². The minimum atomic E-state index is -3.14. The summed E-state index contributed by atoms with van der Waals surface area (Å²) in [6.07, 6.45) is 2.23. The topological polar surface area (TPSA) is 68.3 Å². The van der Waals surface area contributed by atoms with Gasteiger partial charge >= 0.3 is 0 Å². The van der Waals surface area contributed by atoms with Crippen LogP contribution in [0.4, 0.5) is 0 Å². The smallest absolute Gasteiger partial charge is 0.150 e. The molecule has 2 unspecified atom stereocenters. The monoisotopic (exact) mass is 228 g/mol. The van der Waals surface area contributed by atoms with Crippen LogP contribution in [0.15, 0.2) is 0 Å². The van der Waals surface area contributed by atoms with Gasteiger partial charge in [-0.2, -0.15) is 0 Å². The van der Waals surface area contributed by atoms with Gasteiger partial charge in [0.25, 0.3) is 0 Å². The predicted octanol–water partition coefficient (Wildman–Crippen LogP) is 0.100. The fraction of sp³-hybridized carbons (Fsp3) is 1.00. The van der Waals surface area contributed by atoms with E-state index in [4.69, 9.17) is 0 Å². The summed E-state index contributed by atoms with van der Waals surface area (Å²) in [4.78, 5) is 0. The van der Waals surface area contributed by atoms with Crippen molar-refractivity contribution in [1.29, 1.82) is 0 Å². The molecule has 0 fully saturated rings. The first-order valence-corrected chi connectivity index (χ1v) is 7.92. The molecule has 0 aliphatic rings. The normalized spacial score (nSPS) is 18.2. The van der Waals surface area contributed by atoms with E-state index in [0.717, 1.165) is 12.5 Å². The Morgan fingerprint density at radius 2 is 1.38 bits per heavy atom. The first-order chi connectivity index (χ1) is 5.54. The molecule has 4 nitrogen and oxygen atoms in total. The van der Waals surface area contributed by atoms with E-state index in [1.165, 1.54) is 6.92 Å². The maximum Gasteiger partial charge on any atom is 0.150 e. The lowest BCUT2D eigenvalue weighted by molar-refractivity contribution is 0.541. The van der Waals surface area contributed by atoms with Gasteiger partial charge in [-0.1, -0.05) is 6.92 Å². The maximum atomic E-state index is 11.1. The lowest BCUT2D eigenvalue weighted by Gasteiger charge is -2.16. The second kappa shape index (κ2) is 3.96. The number of sulfone groups is 2. The van der Waals surface area contributed by atoms with Gasteiger partial charge in [0.15, 0.2) is 0 Å². The molecule has 0 aromatic carbocycles. The van der Waals surface area contributed by atoms with Gasteiger partial charge in [0.1, 0.15) is 19.7 Å². The van der Waals surface area contributed by atoms with Crippen LogP contribution in [0.1, 0.15) is 13.8 Å². The van der Waals surface area contributed by atoms with Crippen LogP contribution in [0.5, 0.6) is 0 Å². The van der Waals surface area contributed by atoms with E-state index in [1.807, 2.05) is 0 Å². The van der Waals surface area contributed by atoms with Crippen molar-refractivity contribution in [2.24, 2.45) is 5.92 Å². The summed E-state index contributed by atoms with van der Waals surface area (Å²) >= 11 is 0. The van der Waals surface area contributed by atoms with Gasteiger partial charge in [-0.3, -0.25) is 0 Å². The lowest BCUT2D eigenvalue weighted by atomic mass is 10.1. The molecule has 0 N–H and O–H groups in total. The van der Waals surface area contributed by atoms with E-state index in [1.54, 1.807) is 6.92 Å². The molecule has 13 heavy (non-hydrogen) atoms. The van der Waals surface area contributed by atoms with Crippen LogP contribution in [-0.2, 0) is 19.7 Å². The molecule has 0 aliphatic carbocycles. The van der Waals surface area contributed by atoms with Crippen LogP contribution >= 0.6 is 0 Å². The van der Waals surface area contributed by atoms with Crippen molar-refractivity contribution in [3.05, 3.63) is 0 Å². The van der Waals surface area contributed by atoms with Crippen LogP contribution < -0.4 is 0 Å². The highest BCUT2D eigenvalue weighted by Gasteiger charge is 2.24. The predicted molar refractivity (Wildman–Crippen MR) is 53.2 cm³/mol. The average Bonchev–Trinajstić information content (AvgIpc) is 1.79. The summed E-state index contributed by atoms with van der Waals surface area (Å²) in [6.45, 7) is 3.16. The Hall–Kier alpha value is -0.100. The minimum Gasteiger partial charge on any atom is -0.229 e. The number of rotatable bonds is 4. The molecule has 0 bridgehead atoms. The van der Waals surface area contributed by atoms with Gasteiger partial charge in [-0.05, 0) is 12.8 Å². The molecule has 0 amide bonds. The zero-order valence-corrected chi connectivity index (χ0v) is 9.94. The van der Waals surface area contributed by atoms with Gasteiger partial charge in [-0.25, -0.2) is 16.8 Å². The molecule has 0 heterocycles. The van der Waals surface area contributed by atoms with Crippen molar-refractivity contribution in [3.63, 3.8) is 0 Å². The highest BCUT2D eigenvalue weighted by molar-refractivity contribution is 7.92. The molecule has 0 aromatic rings. The second-order valence-corrected chi connectivity index (χ2v) is 8.19. The van der Waals surface area contributed by atoms with E-state index < -0.39 is 24.9 Å². The van der Waals surface area contributed by atoms with Crippen LogP contribution in [0.3, 0.4) is 0 Å². The summed E-state index contributed by atoms with van der Waals surface area (Å²) < 4.78 is 43.9. The highest BCUT2D eigenvalue weighted by atomic mass is 32.2. The Kier molecular flexibility index (Phi) is 3.93. The first kappa shape index (κ1) is 12.9. The Labute approximate surface area is 80.2 Å². The van der Waals surface area contributed by atoms with Crippen molar-refractivity contribution in [3.8, 4) is 0 Å². The summed E-state index contributed by atoms with van der Waals surface area (Å²) in [5.41, 5.74) is 0. The molecule has 0 radical (unpaired) electrons. The molecule has 80 valence electrons. The van der Waals surface area contributed by atoms with Crippen molar-refractivity contribution >= 4 is 19.7 Å². The third kappa shape index (κ3) is 5.25. The molecule has 0 spiro atoms. The number of hydrogen-bond donors (Lipinski definition) is 0. The Bertz CT molecular complexity index is 352. The summed E-state index contributed by atoms with van der Waals surface area (Å²) in [5.74, 6) is -0.439. The average molecular weight is 228 g/mol. The third-order valence-electron chi connectivity index (χ3n) is 2.04. The van der Waals surface area contributed by atoms with Crippen molar-refractivity contribution in [1.82, 2.24) is 0 Å². The quantitative estimate of drug-likeness (QED) is 0.684. The Balaban J connectivity index is 4.56. The fourth-order valence-corrected chi connectivity index (χ4v) is 3.34. The van der Waals surface area contributed by atoms with E-state index in [2.05, 4.69) is 0 Å². The maximum absolute atomic E-state index is 11.1. The summed E-state index contributed by atoms with van der Waals surface area (Å²) in [7, 11) is -6.23. The minimum absolute atomic E-state index is 0.0821. The molecule has 0 aromatic heterocycles. The molecule has 0 saturated heterocycles. The van der Waals surface area contributed by atoms with E-state index in [9.17, 15) is 16.8 Å². The molecular weight excluding hydrogens is 212 g/mol. The SMILES string of the molecule is CC(CS(C)(=O)=O)C(C)S(C)(=O)=O. The lowest BCUT2D eigenvalue weighted by Crippen LogP contribution is -2.29. The second-order valence-electron chi connectivity index (χ2n) is 3.60. The van der Waals surface area contributed by atoms with Crippen LogP contribution in [-0.4, -0.2) is 40.3 Å².